The Bertz CT molecular complexity index is 248. The van der Waals surface area contributed by atoms with Gasteiger partial charge in [-0.1, -0.05) is 0 Å². The van der Waals surface area contributed by atoms with Crippen LogP contribution in [0.25, 0.3) is 0 Å². The predicted molar refractivity (Wildman–Crippen MR) is 47.6 cm³/mol. The summed E-state index contributed by atoms with van der Waals surface area (Å²) in [5, 5.41) is 0. The Morgan fingerprint density at radius 1 is 1.55 bits per heavy atom. The molecular formula is C6H9BrN2OS. The van der Waals surface area contributed by atoms with Gasteiger partial charge < -0.3 is 4.74 Å². The van der Waals surface area contributed by atoms with Crippen molar-refractivity contribution in [2.75, 3.05) is 7.11 Å². The maximum atomic E-state index is 5.20. The van der Waals surface area contributed by atoms with Gasteiger partial charge in [-0.3, -0.25) is 0 Å². The first-order valence-corrected chi connectivity index (χ1v) is 4.68. The first-order chi connectivity index (χ1) is 5.06. The van der Waals surface area contributed by atoms with Crippen LogP contribution in [-0.4, -0.2) is 16.5 Å². The summed E-state index contributed by atoms with van der Waals surface area (Å²) in [6.07, 6.45) is 0. The van der Waals surface area contributed by atoms with Crippen molar-refractivity contribution in [2.24, 2.45) is 0 Å². The first-order valence-electron chi connectivity index (χ1n) is 3.11. The molecule has 0 radical (unpaired) electrons. The Hall–Kier alpha value is -0.0000000000000000555. The molecule has 0 aliphatic rings. The van der Waals surface area contributed by atoms with Gasteiger partial charge in [-0.2, -0.15) is 4.37 Å². The lowest BCUT2D eigenvalue weighted by Gasteiger charge is -2.18. The first kappa shape index (κ1) is 9.09. The maximum Gasteiger partial charge on any atom is 0.179 e. The van der Waals surface area contributed by atoms with Crippen molar-refractivity contribution in [2.45, 2.75) is 19.4 Å². The van der Waals surface area contributed by atoms with Crippen LogP contribution >= 0.6 is 27.5 Å². The second kappa shape index (κ2) is 3.16. The van der Waals surface area contributed by atoms with Gasteiger partial charge in [0.15, 0.2) is 9.74 Å². The minimum Gasteiger partial charge on any atom is -0.371 e. The van der Waals surface area contributed by atoms with Crippen LogP contribution in [0.1, 0.15) is 19.7 Å². The Balaban J connectivity index is 2.92. The fraction of sp³-hybridized carbons (Fsp3) is 0.667. The Morgan fingerprint density at radius 2 is 2.18 bits per heavy atom. The zero-order chi connectivity index (χ0) is 8.48. The number of aromatic nitrogens is 2. The molecule has 1 aromatic rings. The van der Waals surface area contributed by atoms with Crippen LogP contribution in [0.15, 0.2) is 3.92 Å². The number of nitrogens with zero attached hydrogens (tertiary/aromatic N) is 2. The Kier molecular flexibility index (Phi) is 2.61. The number of ether oxygens (including phenoxy) is 1. The van der Waals surface area contributed by atoms with E-state index >= 15 is 0 Å². The maximum absolute atomic E-state index is 5.20. The Morgan fingerprint density at radius 3 is 2.55 bits per heavy atom. The quantitative estimate of drug-likeness (QED) is 0.790. The number of hydrogen-bond acceptors (Lipinski definition) is 4. The lowest BCUT2D eigenvalue weighted by atomic mass is 10.1. The molecule has 0 atom stereocenters. The number of methoxy groups -OCH3 is 1. The lowest BCUT2D eigenvalue weighted by Crippen LogP contribution is -2.20. The molecule has 0 bridgehead atoms. The van der Waals surface area contributed by atoms with Gasteiger partial charge in [0.2, 0.25) is 0 Å². The molecule has 62 valence electrons. The van der Waals surface area contributed by atoms with E-state index in [1.54, 1.807) is 7.11 Å². The molecule has 0 saturated carbocycles. The van der Waals surface area contributed by atoms with Crippen molar-refractivity contribution < 1.29 is 4.74 Å². The molecule has 1 heterocycles. The molecule has 0 aromatic carbocycles. The van der Waals surface area contributed by atoms with E-state index in [1.165, 1.54) is 11.5 Å². The topological polar surface area (TPSA) is 35.0 Å². The molecule has 0 aliphatic carbocycles. The molecule has 0 spiro atoms. The van der Waals surface area contributed by atoms with E-state index in [-0.39, 0.29) is 5.60 Å². The summed E-state index contributed by atoms with van der Waals surface area (Å²) in [7, 11) is 1.65. The zero-order valence-corrected chi connectivity index (χ0v) is 8.99. The monoisotopic (exact) mass is 236 g/mol. The van der Waals surface area contributed by atoms with E-state index in [4.69, 9.17) is 4.74 Å². The SMILES string of the molecule is COC(C)(C)c1nsc(Br)n1. The third kappa shape index (κ3) is 1.98. The summed E-state index contributed by atoms with van der Waals surface area (Å²) in [5.74, 6) is 0.719. The van der Waals surface area contributed by atoms with E-state index in [0.717, 1.165) is 9.74 Å². The Labute approximate surface area is 78.1 Å². The van der Waals surface area contributed by atoms with Crippen LogP contribution in [0.4, 0.5) is 0 Å². The van der Waals surface area contributed by atoms with Gasteiger partial charge in [-0.15, -0.1) is 0 Å². The van der Waals surface area contributed by atoms with Crippen molar-refractivity contribution in [3.63, 3.8) is 0 Å². The summed E-state index contributed by atoms with van der Waals surface area (Å²) in [5.41, 5.74) is -0.386. The highest BCUT2D eigenvalue weighted by Gasteiger charge is 2.24. The van der Waals surface area contributed by atoms with E-state index in [2.05, 4.69) is 25.3 Å². The molecule has 5 heteroatoms. The summed E-state index contributed by atoms with van der Waals surface area (Å²) >= 11 is 4.57. The second-order valence-corrected chi connectivity index (χ2v) is 4.61. The molecule has 0 unspecified atom stereocenters. The molecule has 1 rings (SSSR count). The van der Waals surface area contributed by atoms with Gasteiger partial charge in [-0.25, -0.2) is 4.98 Å². The number of rotatable bonds is 2. The molecule has 0 fully saturated rings. The summed E-state index contributed by atoms with van der Waals surface area (Å²) < 4.78 is 10.1. The van der Waals surface area contributed by atoms with Crippen molar-refractivity contribution >= 4 is 27.5 Å². The molecule has 0 saturated heterocycles. The standard InChI is InChI=1S/C6H9BrN2OS/c1-6(2,10-3)4-8-5(7)11-9-4/h1-3H3. The third-order valence-corrected chi connectivity index (χ3v) is 2.57. The van der Waals surface area contributed by atoms with E-state index in [1.807, 2.05) is 13.8 Å². The van der Waals surface area contributed by atoms with Crippen LogP contribution in [0.3, 0.4) is 0 Å². The smallest absolute Gasteiger partial charge is 0.179 e. The van der Waals surface area contributed by atoms with E-state index < -0.39 is 0 Å². The molecule has 0 amide bonds. The van der Waals surface area contributed by atoms with Crippen molar-refractivity contribution in [3.05, 3.63) is 9.74 Å². The van der Waals surface area contributed by atoms with Crippen LogP contribution in [-0.2, 0) is 10.3 Å². The third-order valence-electron chi connectivity index (χ3n) is 1.45. The lowest BCUT2D eigenvalue weighted by molar-refractivity contribution is 0.0124. The van der Waals surface area contributed by atoms with Gasteiger partial charge in [0.25, 0.3) is 0 Å². The van der Waals surface area contributed by atoms with Gasteiger partial charge in [0, 0.05) is 7.11 Å². The van der Waals surface area contributed by atoms with Crippen LogP contribution < -0.4 is 0 Å². The predicted octanol–water partition coefficient (Wildman–Crippen LogP) is 2.18. The fourth-order valence-corrected chi connectivity index (χ4v) is 1.48. The van der Waals surface area contributed by atoms with Crippen LogP contribution in [0, 0.1) is 0 Å². The van der Waals surface area contributed by atoms with Crippen molar-refractivity contribution in [3.8, 4) is 0 Å². The largest absolute Gasteiger partial charge is 0.371 e. The highest BCUT2D eigenvalue weighted by molar-refractivity contribution is 9.11. The normalized spacial score (nSPS) is 12.0. The van der Waals surface area contributed by atoms with Crippen molar-refractivity contribution in [1.82, 2.24) is 9.36 Å². The van der Waals surface area contributed by atoms with E-state index in [9.17, 15) is 0 Å². The summed E-state index contributed by atoms with van der Waals surface area (Å²) in [6.45, 7) is 3.86. The van der Waals surface area contributed by atoms with Crippen LogP contribution in [0.2, 0.25) is 0 Å². The average Bonchev–Trinajstić information content (AvgIpc) is 2.36. The van der Waals surface area contributed by atoms with Crippen molar-refractivity contribution in [1.29, 1.82) is 0 Å². The minimum atomic E-state index is -0.386. The highest BCUT2D eigenvalue weighted by atomic mass is 79.9. The van der Waals surface area contributed by atoms with Gasteiger partial charge in [0.1, 0.15) is 5.60 Å². The molecule has 11 heavy (non-hydrogen) atoms. The van der Waals surface area contributed by atoms with Gasteiger partial charge in [-0.05, 0) is 41.3 Å². The molecule has 0 aliphatic heterocycles. The van der Waals surface area contributed by atoms with Gasteiger partial charge >= 0.3 is 0 Å². The molecule has 1 aromatic heterocycles. The fourth-order valence-electron chi connectivity index (χ4n) is 0.541. The van der Waals surface area contributed by atoms with E-state index in [0.29, 0.717) is 0 Å². The minimum absolute atomic E-state index is 0.386. The zero-order valence-electron chi connectivity index (χ0n) is 6.59. The molecule has 0 N–H and O–H groups in total. The summed E-state index contributed by atoms with van der Waals surface area (Å²) in [6, 6.07) is 0. The van der Waals surface area contributed by atoms with Gasteiger partial charge in [0.05, 0.1) is 0 Å². The second-order valence-electron chi connectivity index (χ2n) is 2.59. The molecule has 3 nitrogen and oxygen atoms in total. The number of hydrogen-bond donors (Lipinski definition) is 0. The number of halogens is 1. The highest BCUT2D eigenvalue weighted by Crippen LogP contribution is 2.23. The molecular weight excluding hydrogens is 228 g/mol. The summed E-state index contributed by atoms with van der Waals surface area (Å²) in [4.78, 5) is 4.15. The average molecular weight is 237 g/mol. The van der Waals surface area contributed by atoms with Crippen LogP contribution in [0.5, 0.6) is 0 Å².